The predicted octanol–water partition coefficient (Wildman–Crippen LogP) is 0.923. The number of aromatic nitrogens is 2. The third kappa shape index (κ3) is 4.31. The van der Waals surface area contributed by atoms with Crippen LogP contribution in [0.1, 0.15) is 17.4 Å². The van der Waals surface area contributed by atoms with E-state index in [1.54, 1.807) is 0 Å². The van der Waals surface area contributed by atoms with Gasteiger partial charge >= 0.3 is 0 Å². The number of nitrogen functional groups attached to an aromatic ring is 1. The van der Waals surface area contributed by atoms with Crippen LogP contribution in [-0.2, 0) is 14.8 Å². The van der Waals surface area contributed by atoms with E-state index in [9.17, 15) is 18.0 Å². The van der Waals surface area contributed by atoms with Crippen molar-refractivity contribution >= 4 is 49.3 Å². The number of benzene rings is 1. The van der Waals surface area contributed by atoms with Crippen molar-refractivity contribution in [3.8, 4) is 0 Å². The van der Waals surface area contributed by atoms with E-state index in [1.165, 1.54) is 42.4 Å². The Morgan fingerprint density at radius 1 is 1.24 bits per heavy atom. The zero-order valence-corrected chi connectivity index (χ0v) is 15.6. The number of halogens is 1. The Morgan fingerprint density at radius 3 is 2.40 bits per heavy atom. The largest absolute Gasteiger partial charge is 0.382 e. The van der Waals surface area contributed by atoms with E-state index in [2.05, 4.69) is 25.9 Å². The topological polar surface area (TPSA) is 135 Å². The van der Waals surface area contributed by atoms with Gasteiger partial charge in [0.15, 0.2) is 11.5 Å². The number of anilines is 2. The molecular weight excluding hydrogens is 414 g/mol. The summed E-state index contributed by atoms with van der Waals surface area (Å²) in [5.74, 6) is -1.23. The van der Waals surface area contributed by atoms with Gasteiger partial charge in [0.2, 0.25) is 5.91 Å². The van der Waals surface area contributed by atoms with Gasteiger partial charge in [-0.15, -0.1) is 0 Å². The maximum absolute atomic E-state index is 12.5. The molecule has 132 valence electrons. The molecule has 1 aromatic heterocycles. The number of hydrogen-bond acceptors (Lipinski definition) is 7. The van der Waals surface area contributed by atoms with Crippen LogP contribution in [0, 0.1) is 0 Å². The van der Waals surface area contributed by atoms with Crippen LogP contribution in [0.25, 0.3) is 0 Å². The summed E-state index contributed by atoms with van der Waals surface area (Å²) < 4.78 is 26.0. The first-order valence-corrected chi connectivity index (χ1v) is 9.09. The molecule has 2 rings (SSSR count). The minimum atomic E-state index is -3.94. The fraction of sp³-hybridized carbons (Fsp3) is 0.143. The minimum absolute atomic E-state index is 0.0232. The van der Waals surface area contributed by atoms with Gasteiger partial charge in [0.1, 0.15) is 4.60 Å². The second-order valence-corrected chi connectivity index (χ2v) is 7.44. The summed E-state index contributed by atoms with van der Waals surface area (Å²) in [5.41, 5.74) is 6.05. The Hall–Kier alpha value is -2.53. The average molecular weight is 428 g/mol. The molecule has 0 aliphatic rings. The Labute approximate surface area is 152 Å². The van der Waals surface area contributed by atoms with Crippen molar-refractivity contribution in [2.75, 3.05) is 17.7 Å². The van der Waals surface area contributed by atoms with Crippen LogP contribution in [0.4, 0.5) is 11.5 Å². The van der Waals surface area contributed by atoms with Crippen LogP contribution in [0.5, 0.6) is 0 Å². The molecule has 0 fully saturated rings. The van der Waals surface area contributed by atoms with Crippen LogP contribution < -0.4 is 15.4 Å². The van der Waals surface area contributed by atoms with Crippen LogP contribution >= 0.6 is 15.9 Å². The molecule has 1 aromatic carbocycles. The van der Waals surface area contributed by atoms with Crippen molar-refractivity contribution in [2.24, 2.45) is 0 Å². The lowest BCUT2D eigenvalue weighted by atomic mass is 10.2. The number of sulfonamides is 1. The quantitative estimate of drug-likeness (QED) is 0.739. The Kier molecular flexibility index (Phi) is 5.38. The zero-order valence-electron chi connectivity index (χ0n) is 13.2. The summed E-state index contributed by atoms with van der Waals surface area (Å²) in [7, 11) is -2.45. The van der Waals surface area contributed by atoms with Crippen LogP contribution in [0.3, 0.4) is 0 Å². The van der Waals surface area contributed by atoms with Gasteiger partial charge in [0.25, 0.3) is 15.9 Å². The molecule has 25 heavy (non-hydrogen) atoms. The molecular formula is C14H14BrN5O4S. The third-order valence-electron chi connectivity index (χ3n) is 3.09. The van der Waals surface area contributed by atoms with Gasteiger partial charge in [0.05, 0.1) is 11.1 Å². The molecule has 0 saturated carbocycles. The molecule has 1 heterocycles. The number of carbonyl (C=O) groups is 2. The monoisotopic (exact) mass is 427 g/mol. The van der Waals surface area contributed by atoms with Crippen molar-refractivity contribution in [1.82, 2.24) is 14.7 Å². The highest BCUT2D eigenvalue weighted by Gasteiger charge is 2.20. The minimum Gasteiger partial charge on any atom is -0.382 e. The smallest absolute Gasteiger partial charge is 0.280 e. The van der Waals surface area contributed by atoms with Crippen molar-refractivity contribution in [3.63, 3.8) is 0 Å². The van der Waals surface area contributed by atoms with Crippen molar-refractivity contribution < 1.29 is 18.0 Å². The number of carbonyl (C=O) groups excluding carboxylic acids is 2. The zero-order chi connectivity index (χ0) is 18.8. The normalized spacial score (nSPS) is 11.0. The highest BCUT2D eigenvalue weighted by molar-refractivity contribution is 9.10. The Morgan fingerprint density at radius 2 is 1.84 bits per heavy atom. The van der Waals surface area contributed by atoms with E-state index in [1.807, 2.05) is 4.72 Å². The van der Waals surface area contributed by atoms with E-state index in [0.717, 1.165) is 6.92 Å². The predicted molar refractivity (Wildman–Crippen MR) is 94.3 cm³/mol. The standard InChI is InChI=1S/C14H14BrN5O4S/c1-8(21)19-25(23,24)10-5-3-9(4-6-10)20(2)14(22)12-13(16)17-7-11(15)18-12/h3-7H,1-2H3,(H2,16,17)(H,19,21). The molecule has 0 aliphatic carbocycles. The maximum Gasteiger partial charge on any atom is 0.280 e. The maximum atomic E-state index is 12.5. The molecule has 2 amide bonds. The first-order chi connectivity index (χ1) is 11.6. The first-order valence-electron chi connectivity index (χ1n) is 6.81. The summed E-state index contributed by atoms with van der Waals surface area (Å²) >= 11 is 3.12. The highest BCUT2D eigenvalue weighted by atomic mass is 79.9. The molecule has 0 radical (unpaired) electrons. The van der Waals surface area contributed by atoms with Gasteiger partial charge in [-0.3, -0.25) is 9.59 Å². The lowest BCUT2D eigenvalue weighted by Gasteiger charge is -2.18. The number of nitrogens with one attached hydrogen (secondary N) is 1. The van der Waals surface area contributed by atoms with Crippen molar-refractivity contribution in [1.29, 1.82) is 0 Å². The molecule has 11 heteroatoms. The van der Waals surface area contributed by atoms with Gasteiger partial charge in [-0.05, 0) is 40.2 Å². The Bertz CT molecular complexity index is 931. The molecule has 0 atom stereocenters. The summed E-state index contributed by atoms with van der Waals surface area (Å²) in [6.07, 6.45) is 1.37. The summed E-state index contributed by atoms with van der Waals surface area (Å²) in [4.78, 5) is 32.4. The lowest BCUT2D eigenvalue weighted by Crippen LogP contribution is -2.29. The number of hydrogen-bond donors (Lipinski definition) is 2. The second kappa shape index (κ2) is 7.15. The van der Waals surface area contributed by atoms with E-state index in [4.69, 9.17) is 5.73 Å². The van der Waals surface area contributed by atoms with Crippen molar-refractivity contribution in [2.45, 2.75) is 11.8 Å². The van der Waals surface area contributed by atoms with E-state index >= 15 is 0 Å². The Balaban J connectivity index is 2.29. The molecule has 2 aromatic rings. The van der Waals surface area contributed by atoms with Crippen LogP contribution in [0.15, 0.2) is 40.0 Å². The summed E-state index contributed by atoms with van der Waals surface area (Å²) in [6.45, 7) is 1.10. The lowest BCUT2D eigenvalue weighted by molar-refractivity contribution is -0.117. The molecule has 0 bridgehead atoms. The van der Waals surface area contributed by atoms with Crippen LogP contribution in [-0.4, -0.2) is 37.2 Å². The number of nitrogens with zero attached hydrogens (tertiary/aromatic N) is 3. The number of nitrogens with two attached hydrogens (primary N) is 1. The van der Waals surface area contributed by atoms with Crippen LogP contribution in [0.2, 0.25) is 0 Å². The fourth-order valence-corrected chi connectivity index (χ4v) is 3.18. The fourth-order valence-electron chi connectivity index (χ4n) is 1.91. The molecule has 0 saturated heterocycles. The number of rotatable bonds is 4. The van der Waals surface area contributed by atoms with Gasteiger partial charge in [0, 0.05) is 19.7 Å². The SMILES string of the molecule is CC(=O)NS(=O)(=O)c1ccc(N(C)C(=O)c2nc(Br)cnc2N)cc1. The van der Waals surface area contributed by atoms with Crippen molar-refractivity contribution in [3.05, 3.63) is 40.8 Å². The van der Waals surface area contributed by atoms with Gasteiger partial charge in [-0.2, -0.15) is 0 Å². The van der Waals surface area contributed by atoms with E-state index in [0.29, 0.717) is 10.3 Å². The molecule has 3 N–H and O–H groups in total. The van der Waals surface area contributed by atoms with E-state index in [-0.39, 0.29) is 16.4 Å². The molecule has 0 spiro atoms. The molecule has 0 aliphatic heterocycles. The van der Waals surface area contributed by atoms with Gasteiger partial charge < -0.3 is 10.6 Å². The average Bonchev–Trinajstić information content (AvgIpc) is 2.54. The third-order valence-corrected chi connectivity index (χ3v) is 4.92. The highest BCUT2D eigenvalue weighted by Crippen LogP contribution is 2.20. The van der Waals surface area contributed by atoms with Gasteiger partial charge in [-0.1, -0.05) is 0 Å². The summed E-state index contributed by atoms with van der Waals surface area (Å²) in [5, 5.41) is 0. The number of amides is 2. The molecule has 0 unspecified atom stereocenters. The summed E-state index contributed by atoms with van der Waals surface area (Å²) in [6, 6.07) is 5.41. The van der Waals surface area contributed by atoms with E-state index < -0.39 is 21.8 Å². The second-order valence-electron chi connectivity index (χ2n) is 4.95. The molecule has 9 nitrogen and oxygen atoms in total. The first kappa shape index (κ1) is 18.8. The van der Waals surface area contributed by atoms with Gasteiger partial charge in [-0.25, -0.2) is 23.1 Å².